The van der Waals surface area contributed by atoms with Crippen molar-refractivity contribution in [2.45, 2.75) is 32.9 Å². The van der Waals surface area contributed by atoms with Crippen LogP contribution in [0, 0.1) is 0 Å². The monoisotopic (exact) mass is 197 g/mol. The lowest BCUT2D eigenvalue weighted by molar-refractivity contribution is -0.124. The lowest BCUT2D eigenvalue weighted by Gasteiger charge is -2.14. The van der Waals surface area contributed by atoms with Gasteiger partial charge >= 0.3 is 0 Å². The fourth-order valence-electron chi connectivity index (χ4n) is 1.07. The zero-order valence-corrected chi connectivity index (χ0v) is 8.56. The average Bonchev–Trinajstić information content (AvgIpc) is 2.49. The standard InChI is InChI=1S/C9H15N3O2/c1-6(2)11-9(14)7(3)12-5-8(13)4-10-12/h4-7,13H,1-3H3,(H,11,14). The minimum atomic E-state index is -0.404. The van der Waals surface area contributed by atoms with Gasteiger partial charge in [0, 0.05) is 6.04 Å². The second-order valence-electron chi connectivity index (χ2n) is 3.52. The molecule has 0 radical (unpaired) electrons. The van der Waals surface area contributed by atoms with Gasteiger partial charge in [-0.25, -0.2) is 0 Å². The van der Waals surface area contributed by atoms with E-state index in [0.717, 1.165) is 0 Å². The van der Waals surface area contributed by atoms with Crippen LogP contribution < -0.4 is 5.32 Å². The first-order valence-electron chi connectivity index (χ1n) is 4.54. The molecule has 1 unspecified atom stereocenters. The number of carbonyl (C=O) groups excluding carboxylic acids is 1. The van der Waals surface area contributed by atoms with E-state index in [2.05, 4.69) is 10.4 Å². The van der Waals surface area contributed by atoms with Crippen molar-refractivity contribution in [1.82, 2.24) is 15.1 Å². The zero-order chi connectivity index (χ0) is 10.7. The summed E-state index contributed by atoms with van der Waals surface area (Å²) in [5, 5.41) is 15.7. The van der Waals surface area contributed by atoms with Gasteiger partial charge in [0.15, 0.2) is 5.75 Å². The molecule has 0 aliphatic rings. The fraction of sp³-hybridized carbons (Fsp3) is 0.556. The molecule has 1 atom stereocenters. The normalized spacial score (nSPS) is 12.9. The van der Waals surface area contributed by atoms with E-state index in [-0.39, 0.29) is 17.7 Å². The van der Waals surface area contributed by atoms with Crippen LogP contribution in [0.4, 0.5) is 0 Å². The third kappa shape index (κ3) is 2.48. The van der Waals surface area contributed by atoms with Gasteiger partial charge in [-0.05, 0) is 20.8 Å². The van der Waals surface area contributed by atoms with E-state index in [1.54, 1.807) is 6.92 Å². The minimum Gasteiger partial charge on any atom is -0.505 e. The van der Waals surface area contributed by atoms with Crippen LogP contribution in [0.5, 0.6) is 5.75 Å². The molecule has 0 aromatic carbocycles. The molecule has 5 heteroatoms. The Kier molecular flexibility index (Phi) is 3.11. The van der Waals surface area contributed by atoms with Crippen LogP contribution in [-0.4, -0.2) is 26.8 Å². The highest BCUT2D eigenvalue weighted by Crippen LogP contribution is 2.10. The van der Waals surface area contributed by atoms with Crippen molar-refractivity contribution in [1.29, 1.82) is 0 Å². The van der Waals surface area contributed by atoms with E-state index in [1.165, 1.54) is 17.1 Å². The highest BCUT2D eigenvalue weighted by atomic mass is 16.3. The van der Waals surface area contributed by atoms with Crippen molar-refractivity contribution in [3.8, 4) is 5.75 Å². The molecule has 78 valence electrons. The van der Waals surface area contributed by atoms with Crippen molar-refractivity contribution in [3.63, 3.8) is 0 Å². The number of amides is 1. The molecule has 2 N–H and O–H groups in total. The first kappa shape index (κ1) is 10.6. The SMILES string of the molecule is CC(C)NC(=O)C(C)n1cc(O)cn1. The lowest BCUT2D eigenvalue weighted by Crippen LogP contribution is -2.35. The van der Waals surface area contributed by atoms with Gasteiger partial charge < -0.3 is 10.4 Å². The van der Waals surface area contributed by atoms with Gasteiger partial charge in [-0.1, -0.05) is 0 Å². The Morgan fingerprint density at radius 3 is 2.64 bits per heavy atom. The summed E-state index contributed by atoms with van der Waals surface area (Å²) in [4.78, 5) is 11.5. The Morgan fingerprint density at radius 2 is 2.21 bits per heavy atom. The molecule has 0 fully saturated rings. The molecule has 5 nitrogen and oxygen atoms in total. The van der Waals surface area contributed by atoms with E-state index < -0.39 is 6.04 Å². The molecule has 0 spiro atoms. The smallest absolute Gasteiger partial charge is 0.244 e. The lowest BCUT2D eigenvalue weighted by atomic mass is 10.3. The Labute approximate surface area is 82.7 Å². The van der Waals surface area contributed by atoms with Crippen molar-refractivity contribution >= 4 is 5.91 Å². The van der Waals surface area contributed by atoms with Gasteiger partial charge in [-0.3, -0.25) is 9.48 Å². The van der Waals surface area contributed by atoms with Crippen LogP contribution in [0.3, 0.4) is 0 Å². The Hall–Kier alpha value is -1.52. The Bertz CT molecular complexity index is 320. The molecule has 0 saturated carbocycles. The van der Waals surface area contributed by atoms with E-state index in [9.17, 15) is 4.79 Å². The number of aromatic nitrogens is 2. The van der Waals surface area contributed by atoms with Gasteiger partial charge in [-0.15, -0.1) is 0 Å². The summed E-state index contributed by atoms with van der Waals surface area (Å²) in [6.07, 6.45) is 2.73. The topological polar surface area (TPSA) is 67.2 Å². The van der Waals surface area contributed by atoms with Crippen LogP contribution in [0.1, 0.15) is 26.8 Å². The molecule has 1 aromatic rings. The predicted octanol–water partition coefficient (Wildman–Crippen LogP) is 0.674. The number of hydrogen-bond donors (Lipinski definition) is 2. The first-order chi connectivity index (χ1) is 6.50. The Morgan fingerprint density at radius 1 is 1.57 bits per heavy atom. The molecule has 1 aromatic heterocycles. The van der Waals surface area contributed by atoms with Gasteiger partial charge in [-0.2, -0.15) is 5.10 Å². The number of nitrogens with one attached hydrogen (secondary N) is 1. The fourth-order valence-corrected chi connectivity index (χ4v) is 1.07. The molecule has 0 bridgehead atoms. The van der Waals surface area contributed by atoms with Crippen LogP contribution >= 0.6 is 0 Å². The van der Waals surface area contributed by atoms with Crippen LogP contribution in [0.15, 0.2) is 12.4 Å². The summed E-state index contributed by atoms with van der Waals surface area (Å²) in [6.45, 7) is 5.51. The van der Waals surface area contributed by atoms with Gasteiger partial charge in [0.1, 0.15) is 6.04 Å². The van der Waals surface area contributed by atoms with Gasteiger partial charge in [0.2, 0.25) is 5.91 Å². The number of rotatable bonds is 3. The highest BCUT2D eigenvalue weighted by Gasteiger charge is 2.16. The van der Waals surface area contributed by atoms with E-state index in [0.29, 0.717) is 0 Å². The maximum absolute atomic E-state index is 11.5. The van der Waals surface area contributed by atoms with Gasteiger partial charge in [0.25, 0.3) is 0 Å². The van der Waals surface area contributed by atoms with Gasteiger partial charge in [0.05, 0.1) is 12.4 Å². The summed E-state index contributed by atoms with van der Waals surface area (Å²) in [5.74, 6) is -0.0442. The maximum Gasteiger partial charge on any atom is 0.244 e. The third-order valence-corrected chi connectivity index (χ3v) is 1.80. The molecule has 0 aliphatic heterocycles. The van der Waals surface area contributed by atoms with Crippen molar-refractivity contribution in [2.24, 2.45) is 0 Å². The number of hydrogen-bond acceptors (Lipinski definition) is 3. The van der Waals surface area contributed by atoms with E-state index >= 15 is 0 Å². The number of nitrogens with zero attached hydrogens (tertiary/aromatic N) is 2. The predicted molar refractivity (Wildman–Crippen MR) is 51.9 cm³/mol. The van der Waals surface area contributed by atoms with E-state index in [4.69, 9.17) is 5.11 Å². The van der Waals surface area contributed by atoms with Crippen molar-refractivity contribution in [3.05, 3.63) is 12.4 Å². The second-order valence-corrected chi connectivity index (χ2v) is 3.52. The first-order valence-corrected chi connectivity index (χ1v) is 4.54. The maximum atomic E-state index is 11.5. The number of aromatic hydroxyl groups is 1. The molecule has 0 aliphatic carbocycles. The molecule has 1 rings (SSSR count). The van der Waals surface area contributed by atoms with Crippen molar-refractivity contribution in [2.75, 3.05) is 0 Å². The Balaban J connectivity index is 2.65. The van der Waals surface area contributed by atoms with Crippen molar-refractivity contribution < 1.29 is 9.90 Å². The zero-order valence-electron chi connectivity index (χ0n) is 8.56. The summed E-state index contributed by atoms with van der Waals surface area (Å²) in [5.41, 5.74) is 0. The minimum absolute atomic E-state index is 0.0641. The van der Waals surface area contributed by atoms with E-state index in [1.807, 2.05) is 13.8 Å². The largest absolute Gasteiger partial charge is 0.505 e. The molecular weight excluding hydrogens is 182 g/mol. The van der Waals surface area contributed by atoms with Crippen LogP contribution in [-0.2, 0) is 4.79 Å². The summed E-state index contributed by atoms with van der Waals surface area (Å²) in [7, 11) is 0. The van der Waals surface area contributed by atoms with Crippen LogP contribution in [0.2, 0.25) is 0 Å². The summed E-state index contributed by atoms with van der Waals surface area (Å²) >= 11 is 0. The quantitative estimate of drug-likeness (QED) is 0.748. The number of carbonyl (C=O) groups is 1. The summed E-state index contributed by atoms with van der Waals surface area (Å²) in [6, 6.07) is -0.299. The molecule has 1 heterocycles. The molecule has 1 amide bonds. The third-order valence-electron chi connectivity index (χ3n) is 1.80. The summed E-state index contributed by atoms with van der Waals surface area (Å²) < 4.78 is 1.42. The van der Waals surface area contributed by atoms with Crippen LogP contribution in [0.25, 0.3) is 0 Å². The second kappa shape index (κ2) is 4.13. The highest BCUT2D eigenvalue weighted by molar-refractivity contribution is 5.79. The molecular formula is C9H15N3O2. The average molecular weight is 197 g/mol. The molecule has 14 heavy (non-hydrogen) atoms. The molecule has 0 saturated heterocycles.